The number of rotatable bonds is 14. The summed E-state index contributed by atoms with van der Waals surface area (Å²) in [6.45, 7) is 2.48. The Morgan fingerprint density at radius 3 is 2.54 bits per heavy atom. The number of thiophene rings is 2. The fourth-order valence-electron chi connectivity index (χ4n) is 7.72. The van der Waals surface area contributed by atoms with Gasteiger partial charge < -0.3 is 44.7 Å². The van der Waals surface area contributed by atoms with Crippen molar-refractivity contribution in [2.75, 3.05) is 26.9 Å². The first-order chi connectivity index (χ1) is 26.2. The van der Waals surface area contributed by atoms with E-state index in [2.05, 4.69) is 32.0 Å². The van der Waals surface area contributed by atoms with Gasteiger partial charge in [0.05, 0.1) is 26.9 Å². The summed E-state index contributed by atoms with van der Waals surface area (Å²) >= 11 is 2.70. The predicted molar refractivity (Wildman–Crippen MR) is 206 cm³/mol. The van der Waals surface area contributed by atoms with Crippen molar-refractivity contribution in [3.8, 4) is 17.2 Å². The summed E-state index contributed by atoms with van der Waals surface area (Å²) in [6.07, 6.45) is 3.14. The molecule has 0 radical (unpaired) electrons. The van der Waals surface area contributed by atoms with Gasteiger partial charge in [-0.25, -0.2) is 4.79 Å². The van der Waals surface area contributed by atoms with E-state index in [0.717, 1.165) is 61.8 Å². The Hall–Kier alpha value is -4.64. The smallest absolute Gasteiger partial charge is 0.349 e. The van der Waals surface area contributed by atoms with Gasteiger partial charge in [-0.05, 0) is 92.4 Å². The van der Waals surface area contributed by atoms with Gasteiger partial charge in [-0.1, -0.05) is 18.2 Å². The number of phenolic OH excluding ortho intramolecular Hbond substituents is 1. The lowest BCUT2D eigenvalue weighted by Gasteiger charge is -2.35. The van der Waals surface area contributed by atoms with Crippen LogP contribution in [-0.2, 0) is 28.2 Å². The highest BCUT2D eigenvalue weighted by Crippen LogP contribution is 2.43. The molecule has 284 valence electrons. The second-order valence-corrected chi connectivity index (χ2v) is 15.9. The van der Waals surface area contributed by atoms with E-state index >= 15 is 0 Å². The predicted octanol–water partition coefficient (Wildman–Crippen LogP) is 5.30. The molecule has 0 amide bonds. The molecule has 5 heterocycles. The van der Waals surface area contributed by atoms with Crippen LogP contribution in [0.25, 0.3) is 21.9 Å². The Morgan fingerprint density at radius 1 is 1.07 bits per heavy atom. The van der Waals surface area contributed by atoms with Crippen LogP contribution in [0, 0.1) is 0 Å². The molecule has 2 aliphatic rings. The van der Waals surface area contributed by atoms with Crippen molar-refractivity contribution in [3.63, 3.8) is 0 Å². The number of aliphatic hydroxyl groups is 2. The number of ether oxygens (including phenoxy) is 3. The summed E-state index contributed by atoms with van der Waals surface area (Å²) < 4.78 is 19.9. The number of nitrogens with zero attached hydrogens (tertiary/aromatic N) is 2. The van der Waals surface area contributed by atoms with Gasteiger partial charge in [0, 0.05) is 42.7 Å². The number of aromatic hydroxyl groups is 1. The summed E-state index contributed by atoms with van der Waals surface area (Å²) in [7, 11) is 2.15. The number of aliphatic hydroxyl groups excluding tert-OH is 1. The Balaban J connectivity index is 0.824. The Kier molecular flexibility index (Phi) is 10.3. The van der Waals surface area contributed by atoms with Crippen LogP contribution in [0.2, 0.25) is 0 Å². The van der Waals surface area contributed by atoms with Crippen LogP contribution >= 0.6 is 22.7 Å². The number of benzene rings is 2. The van der Waals surface area contributed by atoms with Gasteiger partial charge >= 0.3 is 5.97 Å². The van der Waals surface area contributed by atoms with Crippen molar-refractivity contribution in [3.05, 3.63) is 96.6 Å². The second kappa shape index (κ2) is 15.2. The highest BCUT2D eigenvalue weighted by Gasteiger charge is 2.45. The van der Waals surface area contributed by atoms with Crippen molar-refractivity contribution in [1.29, 1.82) is 0 Å². The summed E-state index contributed by atoms with van der Waals surface area (Å²) in [4.78, 5) is 31.3. The van der Waals surface area contributed by atoms with Gasteiger partial charge in [0.25, 0.3) is 0 Å². The number of esters is 1. The van der Waals surface area contributed by atoms with E-state index < -0.39 is 17.7 Å². The zero-order valence-electron chi connectivity index (χ0n) is 29.7. The molecule has 4 aromatic heterocycles. The number of fused-ring (bicyclic) bond motifs is 4. The van der Waals surface area contributed by atoms with Crippen LogP contribution in [0.4, 0.5) is 0 Å². The highest BCUT2D eigenvalue weighted by atomic mass is 32.1. The zero-order valence-corrected chi connectivity index (χ0v) is 31.4. The molecule has 6 aromatic rings. The van der Waals surface area contributed by atoms with Gasteiger partial charge in [0.15, 0.2) is 11.5 Å². The quantitative estimate of drug-likeness (QED) is 0.0798. The minimum Gasteiger partial charge on any atom is -0.506 e. The van der Waals surface area contributed by atoms with Crippen LogP contribution in [0.5, 0.6) is 17.2 Å². The van der Waals surface area contributed by atoms with Crippen LogP contribution in [0.3, 0.4) is 0 Å². The van der Waals surface area contributed by atoms with Crippen LogP contribution in [-0.4, -0.2) is 80.0 Å². The SMILES string of the molecule is CN(CCCn1[nH]c2cc(CNC[C@H](O)c3ccc(O)c4[nH]c(=O)ccc34)c3c(c21)OCO3)[C@H]1CC[C@H](OC(=O)C(O)(c2cccs2)c2cccs2)CC1. The number of carbonyl (C=O) groups excluding carboxylic acids is 1. The molecule has 54 heavy (non-hydrogen) atoms. The van der Waals surface area contributed by atoms with E-state index in [1.165, 1.54) is 34.8 Å². The maximum atomic E-state index is 13.4. The summed E-state index contributed by atoms with van der Waals surface area (Å²) in [5, 5.41) is 43.8. The lowest BCUT2D eigenvalue weighted by Crippen LogP contribution is -2.42. The van der Waals surface area contributed by atoms with Gasteiger partial charge in [-0.3, -0.25) is 14.6 Å². The molecule has 2 aromatic carbocycles. The third-order valence-electron chi connectivity index (χ3n) is 10.6. The second-order valence-electron chi connectivity index (χ2n) is 14.0. The number of nitrogens with one attached hydrogen (secondary N) is 3. The minimum absolute atomic E-state index is 0.0507. The van der Waals surface area contributed by atoms with Gasteiger partial charge in [0.1, 0.15) is 17.4 Å². The minimum atomic E-state index is -1.78. The Morgan fingerprint density at radius 2 is 1.81 bits per heavy atom. The first-order valence-corrected chi connectivity index (χ1v) is 19.9. The van der Waals surface area contributed by atoms with Crippen LogP contribution in [0.15, 0.2) is 70.2 Å². The third kappa shape index (κ3) is 6.91. The van der Waals surface area contributed by atoms with E-state index in [0.29, 0.717) is 50.3 Å². The van der Waals surface area contributed by atoms with Crippen molar-refractivity contribution in [1.82, 2.24) is 25.0 Å². The van der Waals surface area contributed by atoms with E-state index in [9.17, 15) is 24.9 Å². The molecule has 0 unspecified atom stereocenters. The number of hydrogen-bond donors (Lipinski definition) is 6. The molecule has 0 spiro atoms. The number of H-pyrrole nitrogens is 2. The summed E-state index contributed by atoms with van der Waals surface area (Å²) in [6, 6.07) is 15.7. The maximum Gasteiger partial charge on any atom is 0.349 e. The molecule has 15 heteroatoms. The zero-order chi connectivity index (χ0) is 37.4. The normalized spacial score (nSPS) is 17.9. The van der Waals surface area contributed by atoms with E-state index in [-0.39, 0.29) is 30.8 Å². The molecule has 1 aliphatic heterocycles. The number of pyridine rings is 1. The standard InChI is InChI=1S/C39H43N5O8S2/c1-43(24-7-9-25(10-8-24)52-38(48)39(49,31-5-2-17-53-31)32-6-3-18-54-32)15-4-16-44-35-28(42-44)19-23(36-37(35)51-22-50-36)20-40-21-30(46)26-11-13-29(45)34-27(26)12-14-33(47)41-34/h2-3,5-6,11-14,17-19,24-25,30,40,42,45-46,49H,4,7-10,15-16,20-22H2,1H3,(H,41,47)/t24-,25-,30-/m0/s1. The van der Waals surface area contributed by atoms with Crippen molar-refractivity contribution < 1.29 is 34.3 Å². The number of phenols is 1. The van der Waals surface area contributed by atoms with E-state index in [4.69, 9.17) is 14.2 Å². The Bertz CT molecular complexity index is 2250. The lowest BCUT2D eigenvalue weighted by molar-refractivity contribution is -0.169. The molecular weight excluding hydrogens is 731 g/mol. The molecule has 0 bridgehead atoms. The third-order valence-corrected chi connectivity index (χ3v) is 12.6. The average Bonchev–Trinajstić information content (AvgIpc) is 3.98. The van der Waals surface area contributed by atoms with E-state index in [1.807, 2.05) is 29.0 Å². The molecule has 1 atom stereocenters. The molecular formula is C39H43N5O8S2. The summed E-state index contributed by atoms with van der Waals surface area (Å²) in [5.74, 6) is 0.747. The van der Waals surface area contributed by atoms with Crippen molar-refractivity contribution in [2.45, 2.75) is 69.0 Å². The molecule has 1 fully saturated rings. The lowest BCUT2D eigenvalue weighted by atomic mass is 9.91. The molecule has 13 nitrogen and oxygen atoms in total. The number of aromatic amines is 2. The van der Waals surface area contributed by atoms with Gasteiger partial charge in [-0.2, -0.15) is 0 Å². The van der Waals surface area contributed by atoms with Crippen molar-refractivity contribution in [2.24, 2.45) is 0 Å². The number of hydrogen-bond acceptors (Lipinski definition) is 12. The molecule has 1 saturated carbocycles. The summed E-state index contributed by atoms with van der Waals surface area (Å²) in [5.41, 5.74) is 1.62. The number of carbonyl (C=O) groups is 1. The highest BCUT2D eigenvalue weighted by molar-refractivity contribution is 7.12. The molecule has 6 N–H and O–H groups in total. The van der Waals surface area contributed by atoms with Gasteiger partial charge in [-0.15, -0.1) is 22.7 Å². The van der Waals surface area contributed by atoms with Crippen molar-refractivity contribution >= 4 is 50.6 Å². The first kappa shape index (κ1) is 36.3. The molecule has 1 aliphatic carbocycles. The number of aromatic nitrogens is 3. The fraction of sp³-hybridized carbons (Fsp3) is 0.385. The largest absolute Gasteiger partial charge is 0.506 e. The average molecular weight is 774 g/mol. The first-order valence-electron chi connectivity index (χ1n) is 18.2. The Labute approximate surface area is 318 Å². The van der Waals surface area contributed by atoms with Gasteiger partial charge in [0.2, 0.25) is 18.0 Å². The fourth-order valence-corrected chi connectivity index (χ4v) is 9.43. The van der Waals surface area contributed by atoms with Crippen LogP contribution < -0.4 is 20.3 Å². The maximum absolute atomic E-state index is 13.4. The molecule has 8 rings (SSSR count). The topological polar surface area (TPSA) is 174 Å². The van der Waals surface area contributed by atoms with E-state index in [1.54, 1.807) is 24.3 Å². The number of aryl methyl sites for hydroxylation is 1. The van der Waals surface area contributed by atoms with Crippen LogP contribution in [0.1, 0.15) is 59.1 Å². The monoisotopic (exact) mass is 773 g/mol. The molecule has 0 saturated heterocycles.